The van der Waals surface area contributed by atoms with E-state index in [-0.39, 0.29) is 0 Å². The highest BCUT2D eigenvalue weighted by atomic mass is 16.5. The molecule has 6 nitrogen and oxygen atoms in total. The van der Waals surface area contributed by atoms with Crippen LogP contribution in [0.3, 0.4) is 0 Å². The van der Waals surface area contributed by atoms with E-state index in [1.807, 2.05) is 12.1 Å². The molecular weight excluding hydrogens is 412 g/mol. The SMILES string of the molecule is CCN1CCC[C@@H]1CNCc1cn(Cc2ccccc2)nc1-c1ccc2c(c1)OCCCO2. The fourth-order valence-electron chi connectivity index (χ4n) is 4.91. The molecule has 1 saturated heterocycles. The van der Waals surface area contributed by atoms with Crippen LogP contribution in [0.5, 0.6) is 11.5 Å². The predicted octanol–water partition coefficient (Wildman–Crippen LogP) is 4.33. The molecule has 0 spiro atoms. The zero-order valence-corrected chi connectivity index (χ0v) is 19.5. The van der Waals surface area contributed by atoms with Crippen molar-refractivity contribution in [1.82, 2.24) is 20.0 Å². The second-order valence-electron chi connectivity index (χ2n) is 8.95. The lowest BCUT2D eigenvalue weighted by atomic mass is 10.1. The summed E-state index contributed by atoms with van der Waals surface area (Å²) in [5.41, 5.74) is 4.53. The Morgan fingerprint density at radius 3 is 2.73 bits per heavy atom. The van der Waals surface area contributed by atoms with Crippen LogP contribution in [0.15, 0.2) is 54.7 Å². The molecule has 2 aliphatic heterocycles. The minimum Gasteiger partial charge on any atom is -0.490 e. The Kier molecular flexibility index (Phi) is 6.93. The third kappa shape index (κ3) is 5.23. The average Bonchev–Trinajstić information content (AvgIpc) is 3.39. The second-order valence-corrected chi connectivity index (χ2v) is 8.95. The molecule has 2 aliphatic rings. The van der Waals surface area contributed by atoms with Gasteiger partial charge in [-0.15, -0.1) is 0 Å². The van der Waals surface area contributed by atoms with Crippen LogP contribution >= 0.6 is 0 Å². The summed E-state index contributed by atoms with van der Waals surface area (Å²) in [6.45, 7) is 8.56. The zero-order chi connectivity index (χ0) is 22.5. The van der Waals surface area contributed by atoms with Gasteiger partial charge in [0.2, 0.25) is 0 Å². The number of hydrogen-bond acceptors (Lipinski definition) is 5. The van der Waals surface area contributed by atoms with Crippen molar-refractivity contribution in [2.45, 2.75) is 45.3 Å². The van der Waals surface area contributed by atoms with E-state index in [2.05, 4.69) is 64.4 Å². The molecule has 0 radical (unpaired) electrons. The van der Waals surface area contributed by atoms with Crippen LogP contribution in [0.4, 0.5) is 0 Å². The van der Waals surface area contributed by atoms with Crippen LogP contribution in [0.1, 0.15) is 37.3 Å². The Bertz CT molecular complexity index is 1050. The molecule has 0 aliphatic carbocycles. The Hall–Kier alpha value is -2.83. The molecule has 2 aromatic carbocycles. The molecule has 1 aromatic heterocycles. The number of likely N-dealkylation sites (tertiary alicyclic amines) is 1. The number of benzene rings is 2. The lowest BCUT2D eigenvalue weighted by molar-refractivity contribution is 0.260. The van der Waals surface area contributed by atoms with Crippen molar-refractivity contribution >= 4 is 0 Å². The van der Waals surface area contributed by atoms with E-state index in [9.17, 15) is 0 Å². The highest BCUT2D eigenvalue weighted by Gasteiger charge is 2.23. The van der Waals surface area contributed by atoms with E-state index in [1.165, 1.54) is 30.5 Å². The quantitative estimate of drug-likeness (QED) is 0.558. The summed E-state index contributed by atoms with van der Waals surface area (Å²) in [6.07, 6.45) is 5.67. The number of ether oxygens (including phenoxy) is 2. The summed E-state index contributed by atoms with van der Waals surface area (Å²) in [7, 11) is 0. The van der Waals surface area contributed by atoms with Crippen molar-refractivity contribution in [1.29, 1.82) is 0 Å². The van der Waals surface area contributed by atoms with Crippen LogP contribution in [-0.2, 0) is 13.1 Å². The third-order valence-electron chi connectivity index (χ3n) is 6.65. The lowest BCUT2D eigenvalue weighted by Gasteiger charge is -2.22. The first-order valence-electron chi connectivity index (χ1n) is 12.2. The van der Waals surface area contributed by atoms with Crippen LogP contribution in [0.2, 0.25) is 0 Å². The summed E-state index contributed by atoms with van der Waals surface area (Å²) in [5, 5.41) is 8.72. The maximum absolute atomic E-state index is 5.94. The number of aromatic nitrogens is 2. The summed E-state index contributed by atoms with van der Waals surface area (Å²) in [4.78, 5) is 2.58. The minimum atomic E-state index is 0.635. The Labute approximate surface area is 196 Å². The summed E-state index contributed by atoms with van der Waals surface area (Å²) >= 11 is 0. The topological polar surface area (TPSA) is 51.6 Å². The summed E-state index contributed by atoms with van der Waals surface area (Å²) in [6, 6.07) is 17.3. The number of nitrogens with zero attached hydrogens (tertiary/aromatic N) is 3. The van der Waals surface area contributed by atoms with Gasteiger partial charge in [0.15, 0.2) is 11.5 Å². The molecule has 6 heteroatoms. The van der Waals surface area contributed by atoms with Gasteiger partial charge in [0.1, 0.15) is 0 Å². The van der Waals surface area contributed by atoms with Gasteiger partial charge in [-0.25, -0.2) is 0 Å². The number of fused-ring (bicyclic) bond motifs is 1. The van der Waals surface area contributed by atoms with E-state index >= 15 is 0 Å². The maximum Gasteiger partial charge on any atom is 0.161 e. The Morgan fingerprint density at radius 2 is 1.88 bits per heavy atom. The van der Waals surface area contributed by atoms with Crippen LogP contribution in [0, 0.1) is 0 Å². The van der Waals surface area contributed by atoms with E-state index in [1.54, 1.807) is 0 Å². The third-order valence-corrected chi connectivity index (χ3v) is 6.65. The molecule has 33 heavy (non-hydrogen) atoms. The fourth-order valence-corrected chi connectivity index (χ4v) is 4.91. The minimum absolute atomic E-state index is 0.635. The average molecular weight is 447 g/mol. The van der Waals surface area contributed by atoms with Crippen molar-refractivity contribution in [3.63, 3.8) is 0 Å². The molecule has 1 N–H and O–H groups in total. The molecule has 0 bridgehead atoms. The normalized spacial score (nSPS) is 18.4. The first-order chi connectivity index (χ1) is 16.3. The molecular formula is C27H34N4O2. The van der Waals surface area contributed by atoms with Crippen molar-refractivity contribution in [3.05, 3.63) is 65.9 Å². The van der Waals surface area contributed by atoms with E-state index in [0.29, 0.717) is 19.3 Å². The maximum atomic E-state index is 5.94. The van der Waals surface area contributed by atoms with Gasteiger partial charge in [0.25, 0.3) is 0 Å². The standard InChI is InChI=1S/C27H34N4O2/c1-2-30-13-6-10-24(30)18-28-17-23-20-31(19-21-8-4-3-5-9-21)29-27(23)22-11-12-25-26(16-22)33-15-7-14-32-25/h3-5,8-9,11-12,16,20,24,28H,2,6-7,10,13-15,17-19H2,1H3/t24-/m1/s1. The number of nitrogens with one attached hydrogen (secondary N) is 1. The van der Waals surface area contributed by atoms with Crippen LogP contribution < -0.4 is 14.8 Å². The van der Waals surface area contributed by atoms with Crippen molar-refractivity contribution in [2.24, 2.45) is 0 Å². The van der Waals surface area contributed by atoms with Gasteiger partial charge in [-0.2, -0.15) is 5.10 Å². The van der Waals surface area contributed by atoms with Gasteiger partial charge in [-0.05, 0) is 49.7 Å². The fraction of sp³-hybridized carbons (Fsp3) is 0.444. The molecule has 3 heterocycles. The zero-order valence-electron chi connectivity index (χ0n) is 19.5. The molecule has 1 fully saturated rings. The van der Waals surface area contributed by atoms with Gasteiger partial charge in [0, 0.05) is 42.9 Å². The van der Waals surface area contributed by atoms with Crippen molar-refractivity contribution < 1.29 is 9.47 Å². The number of hydrogen-bond donors (Lipinski definition) is 1. The van der Waals surface area contributed by atoms with Gasteiger partial charge < -0.3 is 14.8 Å². The highest BCUT2D eigenvalue weighted by Crippen LogP contribution is 2.35. The van der Waals surface area contributed by atoms with Crippen LogP contribution in [-0.4, -0.2) is 53.6 Å². The van der Waals surface area contributed by atoms with Gasteiger partial charge in [-0.1, -0.05) is 37.3 Å². The highest BCUT2D eigenvalue weighted by molar-refractivity contribution is 5.66. The monoisotopic (exact) mass is 446 g/mol. The van der Waals surface area contributed by atoms with Gasteiger partial charge in [0.05, 0.1) is 25.5 Å². The smallest absolute Gasteiger partial charge is 0.161 e. The molecule has 3 aromatic rings. The summed E-state index contributed by atoms with van der Waals surface area (Å²) in [5.74, 6) is 1.63. The summed E-state index contributed by atoms with van der Waals surface area (Å²) < 4.78 is 13.8. The van der Waals surface area contributed by atoms with E-state index in [0.717, 1.165) is 55.4 Å². The second kappa shape index (κ2) is 10.4. The molecule has 1 atom stereocenters. The first kappa shape index (κ1) is 22.0. The Balaban J connectivity index is 1.38. The molecule has 0 unspecified atom stereocenters. The molecule has 0 saturated carbocycles. The largest absolute Gasteiger partial charge is 0.490 e. The van der Waals surface area contributed by atoms with Crippen molar-refractivity contribution in [2.75, 3.05) is 32.8 Å². The number of likely N-dealkylation sites (N-methyl/N-ethyl adjacent to an activating group) is 1. The lowest BCUT2D eigenvalue weighted by Crippen LogP contribution is -2.37. The van der Waals surface area contributed by atoms with Gasteiger partial charge in [-0.3, -0.25) is 9.58 Å². The first-order valence-corrected chi connectivity index (χ1v) is 12.2. The van der Waals surface area contributed by atoms with E-state index in [4.69, 9.17) is 14.6 Å². The predicted molar refractivity (Wildman–Crippen MR) is 131 cm³/mol. The van der Waals surface area contributed by atoms with Crippen LogP contribution in [0.25, 0.3) is 11.3 Å². The Morgan fingerprint density at radius 1 is 1.03 bits per heavy atom. The molecule has 5 rings (SSSR count). The molecule has 0 amide bonds. The van der Waals surface area contributed by atoms with Crippen molar-refractivity contribution in [3.8, 4) is 22.8 Å². The van der Waals surface area contributed by atoms with Gasteiger partial charge >= 0.3 is 0 Å². The number of rotatable bonds is 8. The van der Waals surface area contributed by atoms with E-state index < -0.39 is 0 Å². The molecule has 174 valence electrons.